The predicted molar refractivity (Wildman–Crippen MR) is 69.7 cm³/mol. The van der Waals surface area contributed by atoms with Gasteiger partial charge in [-0.05, 0) is 50.1 Å². The first-order chi connectivity index (χ1) is 8.08. The fourth-order valence-electron chi connectivity index (χ4n) is 1.76. The van der Waals surface area contributed by atoms with Crippen molar-refractivity contribution in [2.75, 3.05) is 27.2 Å². The van der Waals surface area contributed by atoms with Gasteiger partial charge in [0.15, 0.2) is 0 Å². The Morgan fingerprint density at radius 2 is 1.94 bits per heavy atom. The maximum Gasteiger partial charge on any atom is 0.133 e. The zero-order valence-corrected chi connectivity index (χ0v) is 11.1. The van der Waals surface area contributed by atoms with Gasteiger partial charge in [-0.1, -0.05) is 6.07 Å². The number of carbonyl (C=O) groups is 1. The third kappa shape index (κ3) is 3.86. The van der Waals surface area contributed by atoms with Gasteiger partial charge >= 0.3 is 0 Å². The lowest BCUT2D eigenvalue weighted by Gasteiger charge is -2.16. The van der Waals surface area contributed by atoms with Crippen molar-refractivity contribution in [3.8, 4) is 5.75 Å². The van der Waals surface area contributed by atoms with Crippen LogP contribution >= 0.6 is 0 Å². The molecule has 1 rings (SSSR count). The number of likely N-dealkylation sites (N-methyl/N-ethyl adjacent to an activating group) is 1. The summed E-state index contributed by atoms with van der Waals surface area (Å²) in [6, 6.07) is 4.24. The fourth-order valence-corrected chi connectivity index (χ4v) is 1.76. The fraction of sp³-hybridized carbons (Fsp3) is 0.500. The summed E-state index contributed by atoms with van der Waals surface area (Å²) in [5.41, 5.74) is 3.72. The molecule has 0 amide bonds. The molecule has 0 spiro atoms. The first-order valence-corrected chi connectivity index (χ1v) is 5.84. The molecule has 0 radical (unpaired) electrons. The molecule has 0 fully saturated rings. The van der Waals surface area contributed by atoms with Crippen LogP contribution in [0.4, 0.5) is 0 Å². The summed E-state index contributed by atoms with van der Waals surface area (Å²) in [7, 11) is 3.64. The largest absolute Gasteiger partial charge is 0.496 e. The highest BCUT2D eigenvalue weighted by atomic mass is 16.5. The lowest BCUT2D eigenvalue weighted by Crippen LogP contribution is -2.23. The number of ether oxygens (including phenoxy) is 1. The molecule has 0 heterocycles. The van der Waals surface area contributed by atoms with Crippen LogP contribution in [-0.2, 0) is 11.2 Å². The molecule has 0 aliphatic rings. The molecule has 3 nitrogen and oxygen atoms in total. The van der Waals surface area contributed by atoms with Gasteiger partial charge in [0.25, 0.3) is 0 Å². The Bertz CT molecular complexity index is 388. The van der Waals surface area contributed by atoms with E-state index in [2.05, 4.69) is 26.0 Å². The Labute approximate surface area is 103 Å². The van der Waals surface area contributed by atoms with Crippen molar-refractivity contribution in [3.05, 3.63) is 28.8 Å². The molecule has 17 heavy (non-hydrogen) atoms. The van der Waals surface area contributed by atoms with Crippen molar-refractivity contribution in [2.45, 2.75) is 20.3 Å². The van der Waals surface area contributed by atoms with Crippen molar-refractivity contribution in [1.82, 2.24) is 4.90 Å². The van der Waals surface area contributed by atoms with Gasteiger partial charge in [-0.15, -0.1) is 0 Å². The van der Waals surface area contributed by atoms with Crippen LogP contribution in [0, 0.1) is 13.8 Å². The number of hydrogen-bond acceptors (Lipinski definition) is 3. The molecule has 0 aliphatic heterocycles. The van der Waals surface area contributed by atoms with Gasteiger partial charge in [0, 0.05) is 6.54 Å². The molecule has 0 atom stereocenters. The molecule has 0 N–H and O–H groups in total. The predicted octanol–water partition coefficient (Wildman–Crippen LogP) is 1.99. The number of benzene rings is 1. The van der Waals surface area contributed by atoms with E-state index in [-0.39, 0.29) is 0 Å². The second-order valence-electron chi connectivity index (χ2n) is 4.43. The van der Waals surface area contributed by atoms with E-state index >= 15 is 0 Å². The zero-order chi connectivity index (χ0) is 12.8. The summed E-state index contributed by atoms with van der Waals surface area (Å²) in [4.78, 5) is 12.4. The van der Waals surface area contributed by atoms with Crippen molar-refractivity contribution in [3.63, 3.8) is 0 Å². The van der Waals surface area contributed by atoms with E-state index in [1.165, 1.54) is 16.7 Å². The second-order valence-corrected chi connectivity index (χ2v) is 4.43. The van der Waals surface area contributed by atoms with Crippen LogP contribution in [0.3, 0.4) is 0 Å². The van der Waals surface area contributed by atoms with Crippen LogP contribution in [0.2, 0.25) is 0 Å². The number of aldehydes is 1. The van der Waals surface area contributed by atoms with Gasteiger partial charge in [0.1, 0.15) is 12.0 Å². The summed E-state index contributed by atoms with van der Waals surface area (Å²) >= 11 is 0. The number of nitrogens with zero attached hydrogens (tertiary/aromatic N) is 1. The minimum Gasteiger partial charge on any atom is -0.496 e. The van der Waals surface area contributed by atoms with E-state index in [9.17, 15) is 4.79 Å². The van der Waals surface area contributed by atoms with Crippen molar-refractivity contribution in [1.29, 1.82) is 0 Å². The molecule has 0 unspecified atom stereocenters. The second kappa shape index (κ2) is 6.40. The Hall–Kier alpha value is -1.35. The third-order valence-corrected chi connectivity index (χ3v) is 3.05. The quantitative estimate of drug-likeness (QED) is 0.706. The average Bonchev–Trinajstić information content (AvgIpc) is 2.30. The molecule has 3 heteroatoms. The number of rotatable bonds is 6. The van der Waals surface area contributed by atoms with Crippen LogP contribution < -0.4 is 4.74 Å². The van der Waals surface area contributed by atoms with E-state index in [4.69, 9.17) is 4.74 Å². The van der Waals surface area contributed by atoms with Gasteiger partial charge in [-0.25, -0.2) is 0 Å². The molecule has 1 aromatic carbocycles. The SMILES string of the molecule is COc1cc(C)c(C)cc1CCN(C)CC=O. The van der Waals surface area contributed by atoms with E-state index in [1.807, 2.05) is 11.9 Å². The molecule has 0 saturated carbocycles. The Morgan fingerprint density at radius 1 is 1.29 bits per heavy atom. The average molecular weight is 235 g/mol. The number of methoxy groups -OCH3 is 1. The van der Waals surface area contributed by atoms with Crippen LogP contribution in [0.15, 0.2) is 12.1 Å². The molecule has 94 valence electrons. The number of carbonyl (C=O) groups excluding carboxylic acids is 1. The highest BCUT2D eigenvalue weighted by molar-refractivity contribution is 5.51. The lowest BCUT2D eigenvalue weighted by atomic mass is 10.0. The highest BCUT2D eigenvalue weighted by Crippen LogP contribution is 2.23. The molecule has 0 bridgehead atoms. The maximum atomic E-state index is 10.4. The zero-order valence-electron chi connectivity index (χ0n) is 11.1. The van der Waals surface area contributed by atoms with Crippen molar-refractivity contribution >= 4 is 6.29 Å². The van der Waals surface area contributed by atoms with E-state index < -0.39 is 0 Å². The van der Waals surface area contributed by atoms with E-state index in [0.717, 1.165) is 25.0 Å². The molecule has 0 aromatic heterocycles. The van der Waals surface area contributed by atoms with Gasteiger partial charge in [-0.3, -0.25) is 4.90 Å². The van der Waals surface area contributed by atoms with Crippen LogP contribution in [-0.4, -0.2) is 38.4 Å². The van der Waals surface area contributed by atoms with E-state index in [1.54, 1.807) is 7.11 Å². The van der Waals surface area contributed by atoms with E-state index in [0.29, 0.717) is 6.54 Å². The minimum atomic E-state index is 0.479. The van der Waals surface area contributed by atoms with Crippen molar-refractivity contribution in [2.24, 2.45) is 0 Å². The molecule has 0 aliphatic carbocycles. The standard InChI is InChI=1S/C14H21NO2/c1-11-9-13(5-6-15(3)7-8-16)14(17-4)10-12(11)2/h8-10H,5-7H2,1-4H3. The van der Waals surface area contributed by atoms with Gasteiger partial charge in [0.05, 0.1) is 13.7 Å². The summed E-state index contributed by atoms with van der Waals surface area (Å²) in [5.74, 6) is 0.938. The normalized spacial score (nSPS) is 10.6. The molecule has 0 saturated heterocycles. The van der Waals surface area contributed by atoms with Gasteiger partial charge in [-0.2, -0.15) is 0 Å². The Balaban J connectivity index is 2.75. The van der Waals surface area contributed by atoms with Gasteiger partial charge < -0.3 is 9.53 Å². The summed E-state index contributed by atoms with van der Waals surface area (Å²) < 4.78 is 5.39. The molecular formula is C14H21NO2. The monoisotopic (exact) mass is 235 g/mol. The first-order valence-electron chi connectivity index (χ1n) is 5.84. The smallest absolute Gasteiger partial charge is 0.133 e. The van der Waals surface area contributed by atoms with Crippen LogP contribution in [0.5, 0.6) is 5.75 Å². The van der Waals surface area contributed by atoms with Crippen LogP contribution in [0.25, 0.3) is 0 Å². The summed E-state index contributed by atoms with van der Waals surface area (Å²) in [5, 5.41) is 0. The number of hydrogen-bond donors (Lipinski definition) is 0. The Kier molecular flexibility index (Phi) is 5.16. The van der Waals surface area contributed by atoms with Crippen molar-refractivity contribution < 1.29 is 9.53 Å². The van der Waals surface area contributed by atoms with Crippen LogP contribution in [0.1, 0.15) is 16.7 Å². The molecular weight excluding hydrogens is 214 g/mol. The lowest BCUT2D eigenvalue weighted by molar-refractivity contribution is -0.108. The van der Waals surface area contributed by atoms with Gasteiger partial charge in [0.2, 0.25) is 0 Å². The number of aryl methyl sites for hydroxylation is 2. The summed E-state index contributed by atoms with van der Waals surface area (Å²) in [6.45, 7) is 5.53. The minimum absolute atomic E-state index is 0.479. The third-order valence-electron chi connectivity index (χ3n) is 3.05. The molecule has 1 aromatic rings. The Morgan fingerprint density at radius 3 is 2.53 bits per heavy atom. The summed E-state index contributed by atoms with van der Waals surface area (Å²) in [6.07, 6.45) is 1.83. The first kappa shape index (κ1) is 13.7. The maximum absolute atomic E-state index is 10.4. The highest BCUT2D eigenvalue weighted by Gasteiger charge is 2.07. The topological polar surface area (TPSA) is 29.5 Å².